The molecule has 0 atom stereocenters. The second kappa shape index (κ2) is 10.4. The number of nitriles is 1. The largest absolute Gasteiger partial charge is 0.488 e. The van der Waals surface area contributed by atoms with E-state index in [1.54, 1.807) is 18.2 Å². The number of nitrogens with zero attached hydrogens (tertiary/aromatic N) is 1. The van der Waals surface area contributed by atoms with E-state index in [1.807, 2.05) is 69.3 Å². The number of benzene rings is 3. The van der Waals surface area contributed by atoms with E-state index in [-0.39, 0.29) is 5.57 Å². The molecule has 4 nitrogen and oxygen atoms in total. The number of rotatable bonds is 6. The summed E-state index contributed by atoms with van der Waals surface area (Å²) in [6.45, 7) is 6.14. The smallest absolute Gasteiger partial charge is 0.266 e. The van der Waals surface area contributed by atoms with Crippen LogP contribution in [0.25, 0.3) is 6.08 Å². The summed E-state index contributed by atoms with van der Waals surface area (Å²) in [7, 11) is 0. The molecular weight excluding hydrogens is 443 g/mol. The quantitative estimate of drug-likeness (QED) is 0.314. The van der Waals surface area contributed by atoms with Crippen LogP contribution in [0, 0.1) is 32.1 Å². The third-order valence-corrected chi connectivity index (χ3v) is 5.39. The zero-order chi connectivity index (χ0) is 23.3. The number of amides is 1. The molecule has 0 unspecified atom stereocenters. The standard InChI is InChI=1S/C26H22Cl2N2O2/c1-16-4-7-23(28)13-24(16)30-26(31)21(14-29)12-20-10-17(2)25(18(3)11-20)32-15-19-5-8-22(27)9-6-19/h4-13H,15H2,1-3H3,(H,30,31)/b21-12+. The van der Waals surface area contributed by atoms with Crippen molar-refractivity contribution in [1.29, 1.82) is 5.26 Å². The van der Waals surface area contributed by atoms with Gasteiger partial charge in [0, 0.05) is 15.7 Å². The molecule has 1 amide bonds. The Kier molecular flexibility index (Phi) is 7.58. The van der Waals surface area contributed by atoms with E-state index in [9.17, 15) is 10.1 Å². The molecule has 0 aromatic heterocycles. The Labute approximate surface area is 198 Å². The third kappa shape index (κ3) is 5.91. The molecule has 32 heavy (non-hydrogen) atoms. The van der Waals surface area contributed by atoms with Crippen LogP contribution in [0.15, 0.2) is 60.2 Å². The van der Waals surface area contributed by atoms with Gasteiger partial charge in [-0.05, 0) is 91.1 Å². The predicted molar refractivity (Wildman–Crippen MR) is 130 cm³/mol. The van der Waals surface area contributed by atoms with Crippen molar-refractivity contribution in [3.63, 3.8) is 0 Å². The number of carbonyl (C=O) groups excluding carboxylic acids is 1. The van der Waals surface area contributed by atoms with Gasteiger partial charge in [0.2, 0.25) is 0 Å². The maximum Gasteiger partial charge on any atom is 0.266 e. The summed E-state index contributed by atoms with van der Waals surface area (Å²) in [5.41, 5.74) is 5.00. The summed E-state index contributed by atoms with van der Waals surface area (Å²) < 4.78 is 6.01. The molecule has 0 spiro atoms. The van der Waals surface area contributed by atoms with Gasteiger partial charge >= 0.3 is 0 Å². The molecule has 0 aliphatic rings. The lowest BCUT2D eigenvalue weighted by molar-refractivity contribution is -0.112. The number of aryl methyl sites for hydroxylation is 3. The highest BCUT2D eigenvalue weighted by Gasteiger charge is 2.13. The summed E-state index contributed by atoms with van der Waals surface area (Å²) in [6.07, 6.45) is 1.57. The van der Waals surface area contributed by atoms with Crippen LogP contribution in [0.4, 0.5) is 5.69 Å². The van der Waals surface area contributed by atoms with Gasteiger partial charge in [-0.1, -0.05) is 41.4 Å². The Hall–Kier alpha value is -3.26. The van der Waals surface area contributed by atoms with Crippen LogP contribution in [0.2, 0.25) is 10.0 Å². The van der Waals surface area contributed by atoms with Gasteiger partial charge in [-0.2, -0.15) is 5.26 Å². The van der Waals surface area contributed by atoms with Crippen molar-refractivity contribution >= 4 is 40.9 Å². The van der Waals surface area contributed by atoms with Crippen molar-refractivity contribution in [2.24, 2.45) is 0 Å². The number of hydrogen-bond acceptors (Lipinski definition) is 3. The number of carbonyl (C=O) groups is 1. The average Bonchev–Trinajstić information content (AvgIpc) is 2.75. The Morgan fingerprint density at radius 1 is 0.969 bits per heavy atom. The van der Waals surface area contributed by atoms with E-state index in [2.05, 4.69) is 5.32 Å². The molecule has 3 aromatic rings. The first-order chi connectivity index (χ1) is 15.3. The molecule has 0 heterocycles. The van der Waals surface area contributed by atoms with Crippen molar-refractivity contribution in [3.8, 4) is 11.8 Å². The predicted octanol–water partition coefficient (Wildman–Crippen LogP) is 7.04. The summed E-state index contributed by atoms with van der Waals surface area (Å²) in [6, 6.07) is 18.5. The molecule has 0 aliphatic heterocycles. The Balaban J connectivity index is 1.78. The van der Waals surface area contributed by atoms with E-state index < -0.39 is 5.91 Å². The fraction of sp³-hybridized carbons (Fsp3) is 0.154. The van der Waals surface area contributed by atoms with Crippen LogP contribution in [0.1, 0.15) is 27.8 Å². The van der Waals surface area contributed by atoms with Crippen LogP contribution in [0.5, 0.6) is 5.75 Å². The molecule has 0 fully saturated rings. The lowest BCUT2D eigenvalue weighted by Gasteiger charge is -2.14. The summed E-state index contributed by atoms with van der Waals surface area (Å²) in [4.78, 5) is 12.7. The van der Waals surface area contributed by atoms with Crippen LogP contribution in [-0.2, 0) is 11.4 Å². The van der Waals surface area contributed by atoms with Gasteiger partial charge < -0.3 is 10.1 Å². The first-order valence-corrected chi connectivity index (χ1v) is 10.7. The summed E-state index contributed by atoms with van der Waals surface area (Å²) in [5, 5.41) is 13.5. The second-order valence-corrected chi connectivity index (χ2v) is 8.36. The van der Waals surface area contributed by atoms with Crippen molar-refractivity contribution in [1.82, 2.24) is 0 Å². The minimum Gasteiger partial charge on any atom is -0.488 e. The van der Waals surface area contributed by atoms with E-state index in [0.717, 1.165) is 33.6 Å². The Morgan fingerprint density at radius 3 is 2.22 bits per heavy atom. The highest BCUT2D eigenvalue weighted by Crippen LogP contribution is 2.27. The molecule has 6 heteroatoms. The summed E-state index contributed by atoms with van der Waals surface area (Å²) >= 11 is 11.9. The van der Waals surface area contributed by atoms with Crippen LogP contribution in [0.3, 0.4) is 0 Å². The lowest BCUT2D eigenvalue weighted by Crippen LogP contribution is -2.14. The maximum atomic E-state index is 12.7. The molecule has 3 rings (SSSR count). The first-order valence-electron chi connectivity index (χ1n) is 9.94. The van der Waals surface area contributed by atoms with Gasteiger partial charge in [-0.15, -0.1) is 0 Å². The fourth-order valence-electron chi connectivity index (χ4n) is 3.26. The van der Waals surface area contributed by atoms with Crippen molar-refractivity contribution in [2.75, 3.05) is 5.32 Å². The monoisotopic (exact) mass is 464 g/mol. The normalized spacial score (nSPS) is 11.1. The van der Waals surface area contributed by atoms with E-state index in [1.165, 1.54) is 0 Å². The molecule has 0 saturated carbocycles. The lowest BCUT2D eigenvalue weighted by atomic mass is 10.0. The molecule has 3 aromatic carbocycles. The Morgan fingerprint density at radius 2 is 1.59 bits per heavy atom. The second-order valence-electron chi connectivity index (χ2n) is 7.48. The highest BCUT2D eigenvalue weighted by molar-refractivity contribution is 6.31. The zero-order valence-corrected chi connectivity index (χ0v) is 19.5. The molecule has 0 radical (unpaired) electrons. The minimum atomic E-state index is -0.490. The topological polar surface area (TPSA) is 62.1 Å². The number of ether oxygens (including phenoxy) is 1. The van der Waals surface area contributed by atoms with Gasteiger partial charge in [-0.3, -0.25) is 4.79 Å². The van der Waals surface area contributed by atoms with Crippen molar-refractivity contribution < 1.29 is 9.53 Å². The fourth-order valence-corrected chi connectivity index (χ4v) is 3.56. The Bertz CT molecular complexity index is 1200. The van der Waals surface area contributed by atoms with Crippen LogP contribution in [-0.4, -0.2) is 5.91 Å². The molecule has 1 N–H and O–H groups in total. The van der Waals surface area contributed by atoms with Gasteiger partial charge in [-0.25, -0.2) is 0 Å². The zero-order valence-electron chi connectivity index (χ0n) is 18.0. The van der Waals surface area contributed by atoms with Crippen molar-refractivity contribution in [2.45, 2.75) is 27.4 Å². The van der Waals surface area contributed by atoms with E-state index >= 15 is 0 Å². The van der Waals surface area contributed by atoms with Gasteiger partial charge in [0.15, 0.2) is 0 Å². The number of hydrogen-bond donors (Lipinski definition) is 1. The molecule has 162 valence electrons. The first kappa shape index (κ1) is 23.4. The number of nitrogens with one attached hydrogen (secondary N) is 1. The van der Waals surface area contributed by atoms with Crippen LogP contribution >= 0.6 is 23.2 Å². The number of anilines is 1. The SMILES string of the molecule is Cc1ccc(Cl)cc1NC(=O)/C(C#N)=C/c1cc(C)c(OCc2ccc(Cl)cc2)c(C)c1. The number of halogens is 2. The summed E-state index contributed by atoms with van der Waals surface area (Å²) in [5.74, 6) is 0.283. The molecule has 0 saturated heterocycles. The highest BCUT2D eigenvalue weighted by atomic mass is 35.5. The van der Waals surface area contributed by atoms with Gasteiger partial charge in [0.05, 0.1) is 0 Å². The molecule has 0 bridgehead atoms. The van der Waals surface area contributed by atoms with E-state index in [4.69, 9.17) is 27.9 Å². The average molecular weight is 465 g/mol. The van der Waals surface area contributed by atoms with Gasteiger partial charge in [0.25, 0.3) is 5.91 Å². The third-order valence-electron chi connectivity index (χ3n) is 4.90. The van der Waals surface area contributed by atoms with E-state index in [0.29, 0.717) is 22.3 Å². The maximum absolute atomic E-state index is 12.7. The van der Waals surface area contributed by atoms with Crippen molar-refractivity contribution in [3.05, 3.63) is 98.0 Å². The van der Waals surface area contributed by atoms with Crippen LogP contribution < -0.4 is 10.1 Å². The molecular formula is C26H22Cl2N2O2. The minimum absolute atomic E-state index is 0.00184. The van der Waals surface area contributed by atoms with Gasteiger partial charge in [0.1, 0.15) is 24.0 Å². The molecule has 0 aliphatic carbocycles.